The molecule has 1 atom stereocenters. The van der Waals surface area contributed by atoms with Crippen LogP contribution in [0.2, 0.25) is 0 Å². The number of alkyl halides is 3. The molecular formula is C9H9F4NO. The fourth-order valence-electron chi connectivity index (χ4n) is 1.10. The zero-order valence-corrected chi connectivity index (χ0v) is 7.55. The number of aliphatic hydroxyl groups excluding tert-OH is 1. The average Bonchev–Trinajstić information content (AvgIpc) is 2.14. The van der Waals surface area contributed by atoms with E-state index < -0.39 is 30.2 Å². The van der Waals surface area contributed by atoms with Crippen LogP contribution in [0, 0.1) is 5.82 Å². The smallest absolute Gasteiger partial charge is 0.394 e. The Bertz CT molecular complexity index is 350. The quantitative estimate of drug-likeness (QED) is 0.751. The Morgan fingerprint density at radius 1 is 1.33 bits per heavy atom. The molecule has 6 heteroatoms. The molecule has 1 rings (SSSR count). The van der Waals surface area contributed by atoms with Crippen molar-refractivity contribution in [2.24, 2.45) is 5.73 Å². The Balaban J connectivity index is 3.09. The van der Waals surface area contributed by atoms with Crippen molar-refractivity contribution in [1.82, 2.24) is 0 Å². The second kappa shape index (κ2) is 4.16. The van der Waals surface area contributed by atoms with Crippen LogP contribution in [0.1, 0.15) is 17.2 Å². The number of rotatable bonds is 2. The highest BCUT2D eigenvalue weighted by Gasteiger charge is 2.34. The Morgan fingerprint density at radius 2 is 1.93 bits per heavy atom. The molecule has 0 fully saturated rings. The molecule has 0 aliphatic carbocycles. The van der Waals surface area contributed by atoms with Gasteiger partial charge in [0.25, 0.3) is 0 Å². The Kier molecular flexibility index (Phi) is 3.31. The van der Waals surface area contributed by atoms with Crippen LogP contribution in [-0.4, -0.2) is 11.7 Å². The van der Waals surface area contributed by atoms with E-state index >= 15 is 0 Å². The van der Waals surface area contributed by atoms with Crippen LogP contribution in [0.3, 0.4) is 0 Å². The summed E-state index contributed by atoms with van der Waals surface area (Å²) in [5, 5.41) is 8.64. The molecule has 2 nitrogen and oxygen atoms in total. The lowest BCUT2D eigenvalue weighted by Crippen LogP contribution is -2.16. The summed E-state index contributed by atoms with van der Waals surface area (Å²) >= 11 is 0. The molecule has 0 spiro atoms. The molecule has 0 saturated carbocycles. The maximum atomic E-state index is 13.0. The van der Waals surface area contributed by atoms with Crippen LogP contribution in [-0.2, 0) is 6.18 Å². The molecular weight excluding hydrogens is 214 g/mol. The van der Waals surface area contributed by atoms with Gasteiger partial charge in [-0.25, -0.2) is 4.39 Å². The van der Waals surface area contributed by atoms with Gasteiger partial charge in [-0.1, -0.05) is 6.07 Å². The molecule has 0 aliphatic rings. The molecule has 0 radical (unpaired) electrons. The van der Waals surface area contributed by atoms with E-state index in [1.54, 1.807) is 0 Å². The van der Waals surface area contributed by atoms with Crippen molar-refractivity contribution in [3.05, 3.63) is 35.1 Å². The van der Waals surface area contributed by atoms with Gasteiger partial charge < -0.3 is 10.8 Å². The molecule has 3 N–H and O–H groups in total. The first kappa shape index (κ1) is 11.9. The van der Waals surface area contributed by atoms with E-state index in [-0.39, 0.29) is 5.56 Å². The summed E-state index contributed by atoms with van der Waals surface area (Å²) in [7, 11) is 0. The number of halogens is 4. The molecule has 0 saturated heterocycles. The Labute approximate surface area is 83.3 Å². The minimum absolute atomic E-state index is 0.128. The fourth-order valence-corrected chi connectivity index (χ4v) is 1.10. The first-order valence-electron chi connectivity index (χ1n) is 4.09. The van der Waals surface area contributed by atoms with Crippen molar-refractivity contribution in [2.75, 3.05) is 6.61 Å². The average molecular weight is 223 g/mol. The van der Waals surface area contributed by atoms with Crippen molar-refractivity contribution in [1.29, 1.82) is 0 Å². The van der Waals surface area contributed by atoms with Crippen molar-refractivity contribution >= 4 is 0 Å². The molecule has 0 aliphatic heterocycles. The van der Waals surface area contributed by atoms with Gasteiger partial charge in [0.1, 0.15) is 5.82 Å². The van der Waals surface area contributed by atoms with Gasteiger partial charge in [0.05, 0.1) is 18.2 Å². The van der Waals surface area contributed by atoms with Gasteiger partial charge in [0, 0.05) is 0 Å². The molecule has 0 aromatic heterocycles. The number of benzene rings is 1. The third kappa shape index (κ3) is 2.66. The molecule has 0 amide bonds. The zero-order valence-electron chi connectivity index (χ0n) is 7.55. The van der Waals surface area contributed by atoms with Gasteiger partial charge in [-0.2, -0.15) is 13.2 Å². The Hall–Kier alpha value is -1.14. The third-order valence-electron chi connectivity index (χ3n) is 1.92. The molecule has 0 unspecified atom stereocenters. The summed E-state index contributed by atoms with van der Waals surface area (Å²) < 4.78 is 49.4. The lowest BCUT2D eigenvalue weighted by molar-refractivity contribution is -0.140. The normalized spacial score (nSPS) is 14.0. The summed E-state index contributed by atoms with van der Waals surface area (Å²) in [5.74, 6) is -1.39. The Morgan fingerprint density at radius 3 is 2.33 bits per heavy atom. The minimum Gasteiger partial charge on any atom is -0.394 e. The SMILES string of the molecule is N[C@@H](CO)c1ccc(C(F)(F)F)c(F)c1. The van der Waals surface area contributed by atoms with Crippen molar-refractivity contribution < 1.29 is 22.7 Å². The van der Waals surface area contributed by atoms with E-state index in [1.807, 2.05) is 0 Å². The largest absolute Gasteiger partial charge is 0.419 e. The topological polar surface area (TPSA) is 46.2 Å². The van der Waals surface area contributed by atoms with E-state index in [9.17, 15) is 17.6 Å². The maximum absolute atomic E-state index is 13.0. The van der Waals surface area contributed by atoms with E-state index in [0.717, 1.165) is 6.07 Å². The summed E-state index contributed by atoms with van der Waals surface area (Å²) in [4.78, 5) is 0. The van der Waals surface area contributed by atoms with E-state index in [4.69, 9.17) is 10.8 Å². The third-order valence-corrected chi connectivity index (χ3v) is 1.92. The zero-order chi connectivity index (χ0) is 11.6. The first-order valence-corrected chi connectivity index (χ1v) is 4.09. The summed E-state index contributed by atoms with van der Waals surface area (Å²) in [5.41, 5.74) is 4.12. The van der Waals surface area contributed by atoms with E-state index in [2.05, 4.69) is 0 Å². The molecule has 15 heavy (non-hydrogen) atoms. The summed E-state index contributed by atoms with van der Waals surface area (Å²) in [6.07, 6.45) is -4.72. The number of hydrogen-bond acceptors (Lipinski definition) is 2. The molecule has 0 heterocycles. The predicted molar refractivity (Wildman–Crippen MR) is 45.4 cm³/mol. The van der Waals surface area contributed by atoms with Gasteiger partial charge in [-0.3, -0.25) is 0 Å². The first-order chi connectivity index (χ1) is 6.86. The monoisotopic (exact) mass is 223 g/mol. The van der Waals surface area contributed by atoms with Crippen LogP contribution < -0.4 is 5.73 Å². The van der Waals surface area contributed by atoms with Crippen LogP contribution in [0.25, 0.3) is 0 Å². The van der Waals surface area contributed by atoms with Crippen molar-refractivity contribution in [3.63, 3.8) is 0 Å². The molecule has 1 aromatic carbocycles. The molecule has 1 aromatic rings. The lowest BCUT2D eigenvalue weighted by atomic mass is 10.1. The van der Waals surface area contributed by atoms with E-state index in [0.29, 0.717) is 12.1 Å². The standard InChI is InChI=1S/C9H9F4NO/c10-7-3-5(8(14)4-15)1-2-6(7)9(11,12)13/h1-3,8,15H,4,14H2/t8-/m0/s1. The highest BCUT2D eigenvalue weighted by atomic mass is 19.4. The second-order valence-electron chi connectivity index (χ2n) is 3.03. The lowest BCUT2D eigenvalue weighted by Gasteiger charge is -2.12. The van der Waals surface area contributed by atoms with Gasteiger partial charge in [-0.15, -0.1) is 0 Å². The minimum atomic E-state index is -4.72. The fraction of sp³-hybridized carbons (Fsp3) is 0.333. The van der Waals surface area contributed by atoms with Gasteiger partial charge in [-0.05, 0) is 17.7 Å². The number of aliphatic hydroxyl groups is 1. The highest BCUT2D eigenvalue weighted by Crippen LogP contribution is 2.32. The maximum Gasteiger partial charge on any atom is 0.419 e. The van der Waals surface area contributed by atoms with Crippen LogP contribution in [0.5, 0.6) is 0 Å². The molecule has 0 bridgehead atoms. The number of hydrogen-bond donors (Lipinski definition) is 2. The van der Waals surface area contributed by atoms with E-state index in [1.165, 1.54) is 0 Å². The molecule has 84 valence electrons. The summed E-state index contributed by atoms with van der Waals surface area (Å²) in [6.45, 7) is -0.454. The van der Waals surface area contributed by atoms with Crippen LogP contribution >= 0.6 is 0 Å². The second-order valence-corrected chi connectivity index (χ2v) is 3.03. The summed E-state index contributed by atoms with van der Waals surface area (Å²) in [6, 6.07) is 1.47. The van der Waals surface area contributed by atoms with Crippen molar-refractivity contribution in [2.45, 2.75) is 12.2 Å². The number of nitrogens with two attached hydrogens (primary N) is 1. The highest BCUT2D eigenvalue weighted by molar-refractivity contribution is 5.28. The van der Waals surface area contributed by atoms with Gasteiger partial charge in [0.15, 0.2) is 0 Å². The van der Waals surface area contributed by atoms with Crippen LogP contribution in [0.15, 0.2) is 18.2 Å². The van der Waals surface area contributed by atoms with Crippen LogP contribution in [0.4, 0.5) is 17.6 Å². The van der Waals surface area contributed by atoms with Gasteiger partial charge >= 0.3 is 6.18 Å². The van der Waals surface area contributed by atoms with Gasteiger partial charge in [0.2, 0.25) is 0 Å². The predicted octanol–water partition coefficient (Wildman–Crippen LogP) is 1.84. The van der Waals surface area contributed by atoms with Crippen molar-refractivity contribution in [3.8, 4) is 0 Å².